The smallest absolute Gasteiger partial charge is 0.231 e. The molecule has 0 fully saturated rings. The molecule has 0 saturated carbocycles. The number of imidazole rings is 1. The zero-order valence-corrected chi connectivity index (χ0v) is 15.3. The molecule has 0 bridgehead atoms. The third-order valence-electron chi connectivity index (χ3n) is 4.13. The predicted octanol–water partition coefficient (Wildman–Crippen LogP) is 3.93. The van der Waals surface area contributed by atoms with Crippen LogP contribution in [0.3, 0.4) is 0 Å². The van der Waals surface area contributed by atoms with Crippen LogP contribution in [0.1, 0.15) is 11.3 Å². The summed E-state index contributed by atoms with van der Waals surface area (Å²) in [7, 11) is 0. The fourth-order valence-electron chi connectivity index (χ4n) is 2.93. The van der Waals surface area contributed by atoms with E-state index in [2.05, 4.69) is 20.3 Å². The quantitative estimate of drug-likeness (QED) is 0.584. The number of carbonyl (C=O) groups excluding carboxylic acids is 1. The van der Waals surface area contributed by atoms with E-state index in [9.17, 15) is 4.79 Å². The maximum Gasteiger partial charge on any atom is 0.231 e. The Bertz CT molecular complexity index is 1120. The van der Waals surface area contributed by atoms with Gasteiger partial charge in [-0.3, -0.25) is 14.5 Å². The Morgan fingerprint density at radius 2 is 1.93 bits per heavy atom. The van der Waals surface area contributed by atoms with Crippen molar-refractivity contribution in [1.29, 1.82) is 0 Å². The lowest BCUT2D eigenvalue weighted by Crippen LogP contribution is -2.16. The molecule has 7 heteroatoms. The number of nitrogens with zero attached hydrogens (tertiary/aromatic N) is 4. The average Bonchev–Trinajstić information content (AvgIpc) is 2.99. The number of halogens is 1. The van der Waals surface area contributed by atoms with Crippen LogP contribution < -0.4 is 5.32 Å². The van der Waals surface area contributed by atoms with Crippen LogP contribution in [0.2, 0.25) is 5.02 Å². The number of anilines is 1. The Labute approximate surface area is 160 Å². The van der Waals surface area contributed by atoms with Crippen LogP contribution in [0.5, 0.6) is 0 Å². The van der Waals surface area contributed by atoms with Crippen LogP contribution in [0.15, 0.2) is 60.9 Å². The van der Waals surface area contributed by atoms with E-state index in [1.165, 1.54) is 0 Å². The average molecular weight is 378 g/mol. The SMILES string of the molecule is Cc1nc2ccccn2c1-c1ccnc(NC(=O)Cc2ccc(Cl)cc2)n1. The number of aromatic nitrogens is 4. The molecule has 0 unspecified atom stereocenters. The molecule has 0 aliphatic carbocycles. The molecule has 0 atom stereocenters. The van der Waals surface area contributed by atoms with Gasteiger partial charge in [0.2, 0.25) is 11.9 Å². The number of pyridine rings is 1. The van der Waals surface area contributed by atoms with Gasteiger partial charge in [-0.05, 0) is 42.8 Å². The lowest BCUT2D eigenvalue weighted by molar-refractivity contribution is -0.115. The van der Waals surface area contributed by atoms with Gasteiger partial charge in [0.1, 0.15) is 5.65 Å². The maximum absolute atomic E-state index is 12.3. The van der Waals surface area contributed by atoms with E-state index in [4.69, 9.17) is 11.6 Å². The van der Waals surface area contributed by atoms with Gasteiger partial charge >= 0.3 is 0 Å². The van der Waals surface area contributed by atoms with Crippen LogP contribution in [0, 0.1) is 6.92 Å². The van der Waals surface area contributed by atoms with Crippen LogP contribution in [0.25, 0.3) is 17.0 Å². The molecule has 27 heavy (non-hydrogen) atoms. The van der Waals surface area contributed by atoms with Crippen molar-refractivity contribution in [2.45, 2.75) is 13.3 Å². The fourth-order valence-corrected chi connectivity index (χ4v) is 3.06. The first-order chi connectivity index (χ1) is 13.1. The number of carbonyl (C=O) groups is 1. The molecule has 3 aromatic heterocycles. The van der Waals surface area contributed by atoms with E-state index in [-0.39, 0.29) is 18.3 Å². The summed E-state index contributed by atoms with van der Waals surface area (Å²) in [5, 5.41) is 3.39. The number of amides is 1. The molecule has 1 amide bonds. The van der Waals surface area contributed by atoms with Crippen molar-refractivity contribution in [1.82, 2.24) is 19.4 Å². The van der Waals surface area contributed by atoms with Gasteiger partial charge in [-0.25, -0.2) is 15.0 Å². The minimum atomic E-state index is -0.190. The Kier molecular flexibility index (Phi) is 4.56. The summed E-state index contributed by atoms with van der Waals surface area (Å²) in [6, 6.07) is 14.8. The molecular weight excluding hydrogens is 362 g/mol. The first-order valence-corrected chi connectivity index (χ1v) is 8.79. The molecule has 1 aromatic carbocycles. The van der Waals surface area contributed by atoms with Crippen molar-refractivity contribution in [2.24, 2.45) is 0 Å². The van der Waals surface area contributed by atoms with E-state index in [0.29, 0.717) is 10.7 Å². The minimum Gasteiger partial charge on any atom is -0.298 e. The minimum absolute atomic E-state index is 0.190. The second-order valence-electron chi connectivity index (χ2n) is 6.09. The molecule has 0 aliphatic heterocycles. The molecule has 134 valence electrons. The Balaban J connectivity index is 1.58. The zero-order valence-electron chi connectivity index (χ0n) is 14.6. The van der Waals surface area contributed by atoms with E-state index < -0.39 is 0 Å². The highest BCUT2D eigenvalue weighted by molar-refractivity contribution is 6.30. The molecular formula is C20H16ClN5O. The van der Waals surface area contributed by atoms with Gasteiger partial charge in [-0.15, -0.1) is 0 Å². The molecule has 0 radical (unpaired) electrons. The third kappa shape index (κ3) is 3.66. The summed E-state index contributed by atoms with van der Waals surface area (Å²) < 4.78 is 1.97. The fraction of sp³-hybridized carbons (Fsp3) is 0.100. The Morgan fingerprint density at radius 3 is 2.74 bits per heavy atom. The highest BCUT2D eigenvalue weighted by Gasteiger charge is 2.13. The van der Waals surface area contributed by atoms with Gasteiger partial charge in [0, 0.05) is 17.4 Å². The van der Waals surface area contributed by atoms with Gasteiger partial charge in [0.25, 0.3) is 0 Å². The second kappa shape index (κ2) is 7.17. The number of rotatable bonds is 4. The summed E-state index contributed by atoms with van der Waals surface area (Å²) in [6.45, 7) is 1.93. The molecule has 3 heterocycles. The first-order valence-electron chi connectivity index (χ1n) is 8.41. The summed E-state index contributed by atoms with van der Waals surface area (Å²) in [4.78, 5) is 25.5. The topological polar surface area (TPSA) is 72.2 Å². The Morgan fingerprint density at radius 1 is 1.11 bits per heavy atom. The number of fused-ring (bicyclic) bond motifs is 1. The second-order valence-corrected chi connectivity index (χ2v) is 6.53. The standard InChI is InChI=1S/C20H16ClN5O/c1-13-19(26-11-3-2-4-17(26)23-13)16-9-10-22-20(24-16)25-18(27)12-14-5-7-15(21)8-6-14/h2-11H,12H2,1H3,(H,22,24,25,27). The largest absolute Gasteiger partial charge is 0.298 e. The van der Waals surface area contributed by atoms with Gasteiger partial charge < -0.3 is 0 Å². The van der Waals surface area contributed by atoms with Crippen LogP contribution in [-0.4, -0.2) is 25.3 Å². The molecule has 6 nitrogen and oxygen atoms in total. The van der Waals surface area contributed by atoms with E-state index >= 15 is 0 Å². The van der Waals surface area contributed by atoms with E-state index in [1.807, 2.05) is 47.9 Å². The van der Waals surface area contributed by atoms with Crippen molar-refractivity contribution in [3.8, 4) is 11.4 Å². The third-order valence-corrected chi connectivity index (χ3v) is 4.38. The number of nitrogens with one attached hydrogen (secondary N) is 1. The molecule has 0 aliphatic rings. The highest BCUT2D eigenvalue weighted by Crippen LogP contribution is 2.23. The van der Waals surface area contributed by atoms with Crippen LogP contribution in [0.4, 0.5) is 5.95 Å². The normalized spacial score (nSPS) is 10.9. The van der Waals surface area contributed by atoms with Gasteiger partial charge in [0.15, 0.2) is 0 Å². The van der Waals surface area contributed by atoms with Gasteiger partial charge in [-0.1, -0.05) is 29.8 Å². The number of aryl methyl sites for hydroxylation is 1. The van der Waals surface area contributed by atoms with Crippen molar-refractivity contribution in [3.05, 3.63) is 77.2 Å². The monoisotopic (exact) mass is 377 g/mol. The molecule has 0 saturated heterocycles. The lowest BCUT2D eigenvalue weighted by Gasteiger charge is -2.07. The number of benzene rings is 1. The van der Waals surface area contributed by atoms with Crippen molar-refractivity contribution in [3.63, 3.8) is 0 Å². The molecule has 1 N–H and O–H groups in total. The molecule has 4 aromatic rings. The summed E-state index contributed by atoms with van der Waals surface area (Å²) >= 11 is 5.87. The lowest BCUT2D eigenvalue weighted by atomic mass is 10.1. The summed E-state index contributed by atoms with van der Waals surface area (Å²) in [5.74, 6) is 0.0704. The van der Waals surface area contributed by atoms with Gasteiger partial charge in [-0.2, -0.15) is 0 Å². The predicted molar refractivity (Wildman–Crippen MR) is 105 cm³/mol. The molecule has 4 rings (SSSR count). The van der Waals surface area contributed by atoms with Crippen molar-refractivity contribution < 1.29 is 4.79 Å². The molecule has 0 spiro atoms. The van der Waals surface area contributed by atoms with Crippen LogP contribution >= 0.6 is 11.6 Å². The van der Waals surface area contributed by atoms with Crippen LogP contribution in [-0.2, 0) is 11.2 Å². The van der Waals surface area contributed by atoms with Crippen molar-refractivity contribution >= 4 is 29.1 Å². The maximum atomic E-state index is 12.3. The van der Waals surface area contributed by atoms with E-state index in [1.54, 1.807) is 24.4 Å². The van der Waals surface area contributed by atoms with Gasteiger partial charge in [0.05, 0.1) is 23.5 Å². The summed E-state index contributed by atoms with van der Waals surface area (Å²) in [5.41, 5.74) is 4.14. The van der Waals surface area contributed by atoms with Crippen molar-refractivity contribution in [2.75, 3.05) is 5.32 Å². The Hall–Kier alpha value is -3.25. The number of hydrogen-bond donors (Lipinski definition) is 1. The highest BCUT2D eigenvalue weighted by atomic mass is 35.5. The first kappa shape index (κ1) is 17.2. The summed E-state index contributed by atoms with van der Waals surface area (Å²) in [6.07, 6.45) is 3.78. The number of hydrogen-bond acceptors (Lipinski definition) is 4. The zero-order chi connectivity index (χ0) is 18.8. The van der Waals surface area contributed by atoms with E-state index in [0.717, 1.165) is 22.6 Å².